The van der Waals surface area contributed by atoms with Crippen molar-refractivity contribution in [3.05, 3.63) is 78.0 Å². The van der Waals surface area contributed by atoms with Gasteiger partial charge in [-0.1, -0.05) is 48.5 Å². The number of pyridine rings is 1. The Labute approximate surface area is 140 Å². The highest BCUT2D eigenvalue weighted by Crippen LogP contribution is 2.33. The molecule has 0 bridgehead atoms. The van der Waals surface area contributed by atoms with Crippen LogP contribution in [0, 0.1) is 0 Å². The summed E-state index contributed by atoms with van der Waals surface area (Å²) in [6.45, 7) is 0.510. The monoisotopic (exact) mass is 316 g/mol. The van der Waals surface area contributed by atoms with E-state index in [-0.39, 0.29) is 5.91 Å². The first-order chi connectivity index (χ1) is 11.8. The van der Waals surface area contributed by atoms with Gasteiger partial charge in [-0.3, -0.25) is 4.79 Å². The zero-order chi connectivity index (χ0) is 16.4. The first kappa shape index (κ1) is 14.5. The van der Waals surface area contributed by atoms with Crippen LogP contribution in [-0.4, -0.2) is 10.9 Å². The number of fused-ring (bicyclic) bond motifs is 1. The molecule has 2 heterocycles. The van der Waals surface area contributed by atoms with Crippen LogP contribution < -0.4 is 10.1 Å². The molecule has 1 amide bonds. The summed E-state index contributed by atoms with van der Waals surface area (Å²) < 4.78 is 6.01. The fourth-order valence-electron chi connectivity index (χ4n) is 2.82. The highest BCUT2D eigenvalue weighted by atomic mass is 16.5. The average Bonchev–Trinajstić information content (AvgIpc) is 3.00. The molecular weight excluding hydrogens is 300 g/mol. The normalized spacial score (nSPS) is 12.6. The molecule has 118 valence electrons. The number of para-hydroxylation sites is 1. The number of hydrogen-bond donors (Lipinski definition) is 1. The predicted octanol–water partition coefficient (Wildman–Crippen LogP) is 3.82. The molecule has 1 N–H and O–H groups in total. The Morgan fingerprint density at radius 2 is 1.83 bits per heavy atom. The third-order valence-corrected chi connectivity index (χ3v) is 4.01. The second-order valence-electron chi connectivity index (χ2n) is 5.73. The largest absolute Gasteiger partial charge is 0.488 e. The maximum absolute atomic E-state index is 11.5. The molecule has 0 spiro atoms. The number of carbonyl (C=O) groups excluding carboxylic acids is 1. The molecule has 4 heteroatoms. The third-order valence-electron chi connectivity index (χ3n) is 4.01. The van der Waals surface area contributed by atoms with Gasteiger partial charge in [-0.2, -0.15) is 0 Å². The quantitative estimate of drug-likeness (QED) is 0.796. The van der Waals surface area contributed by atoms with E-state index in [1.807, 2.05) is 60.7 Å². The Morgan fingerprint density at radius 3 is 2.71 bits per heavy atom. The Bertz CT molecular complexity index is 891. The van der Waals surface area contributed by atoms with E-state index in [0.717, 1.165) is 28.0 Å². The van der Waals surface area contributed by atoms with Crippen molar-refractivity contribution < 1.29 is 9.53 Å². The number of hydrogen-bond acceptors (Lipinski definition) is 3. The van der Waals surface area contributed by atoms with E-state index in [4.69, 9.17) is 4.74 Å². The van der Waals surface area contributed by atoms with Crippen LogP contribution in [0.1, 0.15) is 11.1 Å². The zero-order valence-corrected chi connectivity index (χ0v) is 13.0. The van der Waals surface area contributed by atoms with Crippen LogP contribution >= 0.6 is 0 Å². The van der Waals surface area contributed by atoms with Crippen molar-refractivity contribution >= 4 is 11.7 Å². The van der Waals surface area contributed by atoms with Gasteiger partial charge in [-0.25, -0.2) is 4.98 Å². The molecule has 0 aliphatic carbocycles. The molecule has 1 aliphatic heterocycles. The van der Waals surface area contributed by atoms with Crippen molar-refractivity contribution in [2.75, 3.05) is 5.32 Å². The Morgan fingerprint density at radius 1 is 1.04 bits per heavy atom. The third kappa shape index (κ3) is 2.86. The van der Waals surface area contributed by atoms with Crippen LogP contribution in [0.25, 0.3) is 11.1 Å². The summed E-state index contributed by atoms with van der Waals surface area (Å²) in [4.78, 5) is 15.9. The summed E-state index contributed by atoms with van der Waals surface area (Å²) in [6.07, 6.45) is 2.15. The van der Waals surface area contributed by atoms with Crippen LogP contribution in [0.4, 0.5) is 5.82 Å². The molecule has 1 aromatic heterocycles. The van der Waals surface area contributed by atoms with Crippen molar-refractivity contribution in [3.63, 3.8) is 0 Å². The number of aromatic nitrogens is 1. The van der Waals surface area contributed by atoms with Crippen molar-refractivity contribution in [1.29, 1.82) is 0 Å². The highest BCUT2D eigenvalue weighted by molar-refractivity contribution is 5.98. The van der Waals surface area contributed by atoms with E-state index in [9.17, 15) is 4.79 Å². The lowest BCUT2D eigenvalue weighted by Crippen LogP contribution is -2.04. The van der Waals surface area contributed by atoms with Crippen LogP contribution in [0.3, 0.4) is 0 Å². The lowest BCUT2D eigenvalue weighted by atomic mass is 10.0. The summed E-state index contributed by atoms with van der Waals surface area (Å²) >= 11 is 0. The Balaban J connectivity index is 1.62. The topological polar surface area (TPSA) is 51.2 Å². The number of nitrogens with zero attached hydrogens (tertiary/aromatic N) is 1. The van der Waals surface area contributed by atoms with Gasteiger partial charge in [0.15, 0.2) is 0 Å². The molecule has 0 fully saturated rings. The highest BCUT2D eigenvalue weighted by Gasteiger charge is 2.20. The van der Waals surface area contributed by atoms with E-state index >= 15 is 0 Å². The molecule has 3 aromatic rings. The van der Waals surface area contributed by atoms with E-state index in [1.54, 1.807) is 6.20 Å². The van der Waals surface area contributed by atoms with Gasteiger partial charge < -0.3 is 10.1 Å². The minimum atomic E-state index is -0.0109. The van der Waals surface area contributed by atoms with Crippen LogP contribution in [0.2, 0.25) is 0 Å². The molecule has 4 nitrogen and oxygen atoms in total. The number of ether oxygens (including phenoxy) is 1. The maximum Gasteiger partial charge on any atom is 0.230 e. The molecule has 2 aromatic carbocycles. The molecule has 1 aliphatic rings. The number of benzene rings is 2. The maximum atomic E-state index is 11.5. The zero-order valence-electron chi connectivity index (χ0n) is 13.0. The minimum absolute atomic E-state index is 0.0109. The van der Waals surface area contributed by atoms with Gasteiger partial charge in [0.1, 0.15) is 18.2 Å². The standard InChI is InChI=1S/C20H16N2O2/c23-19-11-15-10-16(12-21-20(15)22-19)17-8-4-5-9-18(17)24-13-14-6-2-1-3-7-14/h1-10,12H,11,13H2,(H,21,22,23). The molecule has 0 atom stereocenters. The number of carbonyl (C=O) groups is 1. The summed E-state index contributed by atoms with van der Waals surface area (Å²) in [7, 11) is 0. The van der Waals surface area contributed by atoms with Crippen molar-refractivity contribution in [3.8, 4) is 16.9 Å². The van der Waals surface area contributed by atoms with Gasteiger partial charge >= 0.3 is 0 Å². The number of amides is 1. The summed E-state index contributed by atoms with van der Waals surface area (Å²) in [5, 5.41) is 2.76. The number of anilines is 1. The fraction of sp³-hybridized carbons (Fsp3) is 0.100. The molecule has 0 unspecified atom stereocenters. The van der Waals surface area contributed by atoms with Gasteiger partial charge in [0, 0.05) is 22.9 Å². The van der Waals surface area contributed by atoms with Crippen molar-refractivity contribution in [1.82, 2.24) is 4.98 Å². The first-order valence-electron chi connectivity index (χ1n) is 7.84. The molecule has 0 saturated heterocycles. The van der Waals surface area contributed by atoms with Crippen LogP contribution in [-0.2, 0) is 17.8 Å². The smallest absolute Gasteiger partial charge is 0.230 e. The fourth-order valence-corrected chi connectivity index (χ4v) is 2.82. The summed E-state index contributed by atoms with van der Waals surface area (Å²) in [5.41, 5.74) is 3.97. The van der Waals surface area contributed by atoms with Gasteiger partial charge in [-0.15, -0.1) is 0 Å². The second kappa shape index (κ2) is 6.16. The summed E-state index contributed by atoms with van der Waals surface area (Å²) in [5.74, 6) is 1.45. The average molecular weight is 316 g/mol. The molecule has 24 heavy (non-hydrogen) atoms. The van der Waals surface area contributed by atoms with Gasteiger partial charge in [-0.05, 0) is 17.7 Å². The van der Waals surface area contributed by atoms with Crippen LogP contribution in [0.5, 0.6) is 5.75 Å². The lowest BCUT2D eigenvalue weighted by Gasteiger charge is -2.12. The van der Waals surface area contributed by atoms with Crippen LogP contribution in [0.15, 0.2) is 66.9 Å². The molecule has 0 saturated carbocycles. The molecule has 0 radical (unpaired) electrons. The Kier molecular flexibility index (Phi) is 3.71. The number of rotatable bonds is 4. The van der Waals surface area contributed by atoms with Gasteiger partial charge in [0.05, 0.1) is 6.42 Å². The van der Waals surface area contributed by atoms with Crippen molar-refractivity contribution in [2.45, 2.75) is 13.0 Å². The van der Waals surface area contributed by atoms with Gasteiger partial charge in [0.2, 0.25) is 5.91 Å². The first-order valence-corrected chi connectivity index (χ1v) is 7.84. The molecular formula is C20H16N2O2. The van der Waals surface area contributed by atoms with E-state index in [0.29, 0.717) is 18.8 Å². The van der Waals surface area contributed by atoms with E-state index in [1.165, 1.54) is 0 Å². The van der Waals surface area contributed by atoms with Gasteiger partial charge in [0.25, 0.3) is 0 Å². The number of nitrogens with one attached hydrogen (secondary N) is 1. The van der Waals surface area contributed by atoms with Crippen molar-refractivity contribution in [2.24, 2.45) is 0 Å². The minimum Gasteiger partial charge on any atom is -0.488 e. The predicted molar refractivity (Wildman–Crippen MR) is 92.8 cm³/mol. The second-order valence-corrected chi connectivity index (χ2v) is 5.73. The summed E-state index contributed by atoms with van der Waals surface area (Å²) in [6, 6.07) is 20.0. The molecule has 4 rings (SSSR count). The van der Waals surface area contributed by atoms with E-state index < -0.39 is 0 Å². The lowest BCUT2D eigenvalue weighted by molar-refractivity contribution is -0.115. The Hall–Kier alpha value is -3.14. The van der Waals surface area contributed by atoms with E-state index in [2.05, 4.69) is 10.3 Å². The SMILES string of the molecule is O=C1Cc2cc(-c3ccccc3OCc3ccccc3)cnc2N1.